The van der Waals surface area contributed by atoms with E-state index in [2.05, 4.69) is 32.7 Å². The van der Waals surface area contributed by atoms with Gasteiger partial charge >= 0.3 is 0 Å². The smallest absolute Gasteiger partial charge is 0.0580 e. The molecular formula is C18H35NO. The molecule has 0 radical (unpaired) electrons. The quantitative estimate of drug-likeness (QED) is 0.844. The van der Waals surface area contributed by atoms with Gasteiger partial charge in [0, 0.05) is 12.6 Å². The minimum Gasteiger partial charge on any atom is -0.393 e. The van der Waals surface area contributed by atoms with E-state index in [1.807, 2.05) is 0 Å². The maximum atomic E-state index is 10.4. The summed E-state index contributed by atoms with van der Waals surface area (Å²) in [5.41, 5.74) is 0. The Bertz CT molecular complexity index is 291. The van der Waals surface area contributed by atoms with Crippen LogP contribution in [0, 0.1) is 23.7 Å². The van der Waals surface area contributed by atoms with Gasteiger partial charge in [-0.3, -0.25) is 0 Å². The summed E-state index contributed by atoms with van der Waals surface area (Å²) in [5.74, 6) is 2.91. The molecule has 2 fully saturated rings. The van der Waals surface area contributed by atoms with Crippen molar-refractivity contribution >= 4 is 0 Å². The van der Waals surface area contributed by atoms with Gasteiger partial charge < -0.3 is 10.0 Å². The lowest BCUT2D eigenvalue weighted by Gasteiger charge is -2.41. The van der Waals surface area contributed by atoms with Crippen LogP contribution in [-0.4, -0.2) is 35.7 Å². The Morgan fingerprint density at radius 2 is 1.80 bits per heavy atom. The van der Waals surface area contributed by atoms with Crippen LogP contribution in [-0.2, 0) is 0 Å². The van der Waals surface area contributed by atoms with Crippen molar-refractivity contribution in [3.63, 3.8) is 0 Å². The van der Waals surface area contributed by atoms with Crippen molar-refractivity contribution in [2.24, 2.45) is 23.7 Å². The third kappa shape index (κ3) is 3.98. The zero-order valence-electron chi connectivity index (χ0n) is 14.0. The van der Waals surface area contributed by atoms with Gasteiger partial charge in [0.15, 0.2) is 0 Å². The van der Waals surface area contributed by atoms with Gasteiger partial charge in [-0.15, -0.1) is 0 Å². The largest absolute Gasteiger partial charge is 0.393 e. The number of aliphatic hydroxyl groups excluding tert-OH is 1. The molecule has 0 spiro atoms. The molecule has 1 N–H and O–H groups in total. The average Bonchev–Trinajstić information content (AvgIpc) is 2.41. The first kappa shape index (κ1) is 16.3. The highest BCUT2D eigenvalue weighted by atomic mass is 16.3. The Hall–Kier alpha value is -0.0800. The molecule has 2 nitrogen and oxygen atoms in total. The van der Waals surface area contributed by atoms with Crippen LogP contribution in [0.4, 0.5) is 0 Å². The van der Waals surface area contributed by atoms with Crippen LogP contribution in [0.1, 0.15) is 65.7 Å². The fourth-order valence-electron chi connectivity index (χ4n) is 4.54. The molecule has 118 valence electrons. The summed E-state index contributed by atoms with van der Waals surface area (Å²) in [4.78, 5) is 2.57. The van der Waals surface area contributed by atoms with Crippen molar-refractivity contribution in [2.45, 2.75) is 77.9 Å². The third-order valence-electron chi connectivity index (χ3n) is 6.08. The van der Waals surface area contributed by atoms with E-state index < -0.39 is 0 Å². The van der Waals surface area contributed by atoms with E-state index in [1.54, 1.807) is 0 Å². The first-order valence-corrected chi connectivity index (χ1v) is 8.87. The van der Waals surface area contributed by atoms with Crippen LogP contribution < -0.4 is 0 Å². The zero-order chi connectivity index (χ0) is 14.7. The average molecular weight is 281 g/mol. The first-order chi connectivity index (χ1) is 9.49. The van der Waals surface area contributed by atoms with Crippen LogP contribution in [0.15, 0.2) is 0 Å². The molecular weight excluding hydrogens is 246 g/mol. The summed E-state index contributed by atoms with van der Waals surface area (Å²) < 4.78 is 0. The minimum absolute atomic E-state index is 0.0636. The molecule has 0 aliphatic heterocycles. The summed E-state index contributed by atoms with van der Waals surface area (Å²) >= 11 is 0. The molecule has 0 amide bonds. The van der Waals surface area contributed by atoms with Gasteiger partial charge in [0.25, 0.3) is 0 Å². The SMILES string of the molecule is CC(C)C1CCC(O)C(CN(C)C2CCCCC2C)C1. The topological polar surface area (TPSA) is 23.5 Å². The highest BCUT2D eigenvalue weighted by molar-refractivity contribution is 4.86. The molecule has 2 heteroatoms. The monoisotopic (exact) mass is 281 g/mol. The summed E-state index contributed by atoms with van der Waals surface area (Å²) in [7, 11) is 2.29. The lowest BCUT2D eigenvalue weighted by molar-refractivity contribution is 0.00770. The molecule has 0 aromatic carbocycles. The van der Waals surface area contributed by atoms with E-state index in [9.17, 15) is 5.11 Å². The van der Waals surface area contributed by atoms with Crippen molar-refractivity contribution in [1.82, 2.24) is 4.90 Å². The molecule has 0 saturated heterocycles. The molecule has 0 heterocycles. The Morgan fingerprint density at radius 3 is 2.45 bits per heavy atom. The predicted octanol–water partition coefficient (Wildman–Crippen LogP) is 3.93. The molecule has 2 aliphatic carbocycles. The van der Waals surface area contributed by atoms with Crippen molar-refractivity contribution in [3.05, 3.63) is 0 Å². The second-order valence-electron chi connectivity index (χ2n) is 7.91. The van der Waals surface area contributed by atoms with E-state index in [4.69, 9.17) is 0 Å². The number of hydrogen-bond donors (Lipinski definition) is 1. The molecule has 2 aliphatic rings. The molecule has 0 aromatic rings. The maximum Gasteiger partial charge on any atom is 0.0580 e. The minimum atomic E-state index is -0.0636. The Morgan fingerprint density at radius 1 is 1.10 bits per heavy atom. The molecule has 20 heavy (non-hydrogen) atoms. The molecule has 2 rings (SSSR count). The Labute approximate surface area is 125 Å². The normalized spacial score (nSPS) is 39.5. The maximum absolute atomic E-state index is 10.4. The Balaban J connectivity index is 1.89. The van der Waals surface area contributed by atoms with Gasteiger partial charge in [0.2, 0.25) is 0 Å². The molecule has 2 saturated carbocycles. The zero-order valence-corrected chi connectivity index (χ0v) is 14.0. The molecule has 0 aromatic heterocycles. The molecule has 0 bridgehead atoms. The summed E-state index contributed by atoms with van der Waals surface area (Å²) in [6.45, 7) is 8.19. The number of aliphatic hydroxyl groups is 1. The van der Waals surface area contributed by atoms with Gasteiger partial charge in [-0.1, -0.05) is 33.6 Å². The number of hydrogen-bond acceptors (Lipinski definition) is 2. The van der Waals surface area contributed by atoms with Crippen LogP contribution in [0.2, 0.25) is 0 Å². The van der Waals surface area contributed by atoms with Crippen molar-refractivity contribution in [3.8, 4) is 0 Å². The third-order valence-corrected chi connectivity index (χ3v) is 6.08. The summed E-state index contributed by atoms with van der Waals surface area (Å²) in [6, 6.07) is 0.746. The van der Waals surface area contributed by atoms with Gasteiger partial charge in [-0.2, -0.15) is 0 Å². The van der Waals surface area contributed by atoms with Crippen LogP contribution in [0.5, 0.6) is 0 Å². The van der Waals surface area contributed by atoms with E-state index in [-0.39, 0.29) is 6.10 Å². The molecule has 5 unspecified atom stereocenters. The van der Waals surface area contributed by atoms with Crippen molar-refractivity contribution in [2.75, 3.05) is 13.6 Å². The van der Waals surface area contributed by atoms with Gasteiger partial charge in [-0.05, 0) is 62.8 Å². The van der Waals surface area contributed by atoms with Crippen LogP contribution in [0.25, 0.3) is 0 Å². The van der Waals surface area contributed by atoms with Crippen LogP contribution >= 0.6 is 0 Å². The standard InChI is InChI=1S/C18H35NO/c1-13(2)15-9-10-18(20)16(11-15)12-19(4)17-8-6-5-7-14(17)3/h13-18,20H,5-12H2,1-4H3. The van der Waals surface area contributed by atoms with Gasteiger partial charge in [0.05, 0.1) is 6.10 Å². The number of rotatable bonds is 4. The van der Waals surface area contributed by atoms with E-state index in [1.165, 1.54) is 38.5 Å². The predicted molar refractivity (Wildman–Crippen MR) is 85.7 cm³/mol. The van der Waals surface area contributed by atoms with E-state index in [0.717, 1.165) is 36.8 Å². The fraction of sp³-hybridized carbons (Fsp3) is 1.00. The number of nitrogens with zero attached hydrogens (tertiary/aromatic N) is 1. The van der Waals surface area contributed by atoms with Crippen molar-refractivity contribution < 1.29 is 5.11 Å². The van der Waals surface area contributed by atoms with E-state index in [0.29, 0.717) is 5.92 Å². The van der Waals surface area contributed by atoms with Crippen LogP contribution in [0.3, 0.4) is 0 Å². The van der Waals surface area contributed by atoms with E-state index >= 15 is 0 Å². The molecule has 5 atom stereocenters. The highest BCUT2D eigenvalue weighted by Gasteiger charge is 2.33. The fourth-order valence-corrected chi connectivity index (χ4v) is 4.54. The van der Waals surface area contributed by atoms with Gasteiger partial charge in [-0.25, -0.2) is 0 Å². The van der Waals surface area contributed by atoms with Gasteiger partial charge in [0.1, 0.15) is 0 Å². The summed E-state index contributed by atoms with van der Waals surface area (Å²) in [5, 5.41) is 10.4. The second kappa shape index (κ2) is 7.26. The Kier molecular flexibility index (Phi) is 5.92. The summed E-state index contributed by atoms with van der Waals surface area (Å²) in [6.07, 6.45) is 8.94. The highest BCUT2D eigenvalue weighted by Crippen LogP contribution is 2.35. The first-order valence-electron chi connectivity index (χ1n) is 8.87. The van der Waals surface area contributed by atoms with Crippen molar-refractivity contribution in [1.29, 1.82) is 0 Å². The second-order valence-corrected chi connectivity index (χ2v) is 7.91. The lowest BCUT2D eigenvalue weighted by Crippen LogP contribution is -2.45. The lowest BCUT2D eigenvalue weighted by atomic mass is 9.74.